The van der Waals surface area contributed by atoms with Crippen LogP contribution in [-0.4, -0.2) is 94.4 Å². The summed E-state index contributed by atoms with van der Waals surface area (Å²) in [7, 11) is 8.90. The van der Waals surface area contributed by atoms with Gasteiger partial charge in [-0.1, -0.05) is 38.5 Å². The lowest BCUT2D eigenvalue weighted by Crippen LogP contribution is -2.66. The molecule has 0 aromatic rings. The highest BCUT2D eigenvalue weighted by Gasteiger charge is 2.78. The van der Waals surface area contributed by atoms with Crippen molar-refractivity contribution in [1.29, 1.82) is 0 Å². The first-order valence-corrected chi connectivity index (χ1v) is 12.6. The van der Waals surface area contributed by atoms with Crippen LogP contribution in [0.3, 0.4) is 0 Å². The first-order chi connectivity index (χ1) is 14.6. The summed E-state index contributed by atoms with van der Waals surface area (Å²) in [5.74, 6) is 0.280. The van der Waals surface area contributed by atoms with Gasteiger partial charge in [-0.3, -0.25) is 9.59 Å². The third kappa shape index (κ3) is 3.44. The summed E-state index contributed by atoms with van der Waals surface area (Å²) < 4.78 is 3.18. The van der Waals surface area contributed by atoms with Crippen LogP contribution < -0.4 is 0 Å². The van der Waals surface area contributed by atoms with E-state index in [1.807, 2.05) is 18.7 Å². The van der Waals surface area contributed by atoms with Gasteiger partial charge in [-0.15, -0.1) is 0 Å². The number of fused-ring (bicyclic) bond motifs is 5. The predicted molar refractivity (Wildman–Crippen MR) is 123 cm³/mol. The molecule has 4 fully saturated rings. The van der Waals surface area contributed by atoms with Gasteiger partial charge >= 0.3 is 0 Å². The van der Waals surface area contributed by atoms with E-state index in [1.54, 1.807) is 0 Å². The van der Waals surface area contributed by atoms with Crippen LogP contribution in [0.5, 0.6) is 0 Å². The number of likely N-dealkylation sites (N-methyl/N-ethyl adjacent to an activating group) is 1. The second-order valence-corrected chi connectivity index (χ2v) is 11.7. The van der Waals surface area contributed by atoms with E-state index in [9.17, 15) is 9.59 Å². The second-order valence-electron chi connectivity index (χ2n) is 11.7. The zero-order valence-corrected chi connectivity index (χ0v) is 20.7. The smallest absolute Gasteiger partial charge is 0.250 e. The quantitative estimate of drug-likeness (QED) is 0.336. The summed E-state index contributed by atoms with van der Waals surface area (Å²) in [6.07, 6.45) is 12.9. The van der Waals surface area contributed by atoms with E-state index in [4.69, 9.17) is 0 Å². The lowest BCUT2D eigenvalue weighted by Gasteiger charge is -2.42. The Kier molecular flexibility index (Phi) is 5.77. The van der Waals surface area contributed by atoms with E-state index in [0.717, 1.165) is 17.3 Å². The van der Waals surface area contributed by atoms with Gasteiger partial charge < -0.3 is 14.3 Å². The number of nitrogens with zero attached hydrogens (tertiary/aromatic N) is 4. The Labute approximate surface area is 188 Å². The molecule has 3 unspecified atom stereocenters. The molecule has 2 amide bonds. The number of rotatable bonds is 0. The molecule has 1 aliphatic carbocycles. The summed E-state index contributed by atoms with van der Waals surface area (Å²) in [5, 5.41) is 0. The number of amides is 2. The van der Waals surface area contributed by atoms with Crippen molar-refractivity contribution in [2.45, 2.75) is 108 Å². The first-order valence-electron chi connectivity index (χ1n) is 12.6. The molecule has 4 rings (SSSR count). The minimum atomic E-state index is -0.737. The Morgan fingerprint density at radius 1 is 0.903 bits per heavy atom. The molecule has 1 saturated carbocycles. The highest BCUT2D eigenvalue weighted by atomic mass is 16.2. The summed E-state index contributed by atoms with van der Waals surface area (Å²) in [6, 6.07) is 0.825. The highest BCUT2D eigenvalue weighted by molar-refractivity contribution is 6.05. The summed E-state index contributed by atoms with van der Waals surface area (Å²) in [6.45, 7) is 4.30. The van der Waals surface area contributed by atoms with Crippen LogP contribution >= 0.6 is 0 Å². The molecule has 31 heavy (non-hydrogen) atoms. The Hall–Kier alpha value is -1.43. The van der Waals surface area contributed by atoms with Crippen LogP contribution in [0.15, 0.2) is 0 Å². The average Bonchev–Trinajstić information content (AvgIpc) is 3.16. The molecule has 0 radical (unpaired) electrons. The minimum Gasteiger partial charge on any atom is -0.311 e. The molecular weight excluding hydrogens is 388 g/mol. The van der Waals surface area contributed by atoms with Crippen LogP contribution in [0.4, 0.5) is 0 Å². The molecule has 0 aromatic carbocycles. The van der Waals surface area contributed by atoms with Crippen molar-refractivity contribution in [1.82, 2.24) is 9.80 Å². The van der Waals surface area contributed by atoms with Crippen LogP contribution in [0, 0.1) is 0 Å². The van der Waals surface area contributed by atoms with Crippen LogP contribution in [0.1, 0.15) is 84.5 Å². The molecule has 1 spiro atoms. The third-order valence-corrected chi connectivity index (χ3v) is 8.97. The Morgan fingerprint density at radius 2 is 1.48 bits per heavy atom. The first kappa shape index (κ1) is 22.8. The van der Waals surface area contributed by atoms with Gasteiger partial charge in [0, 0.05) is 12.8 Å². The molecule has 3 saturated heterocycles. The number of hydrogen-bond acceptors (Lipinski definition) is 2. The summed E-state index contributed by atoms with van der Waals surface area (Å²) in [5.41, 5.74) is 0.0843. The lowest BCUT2D eigenvalue weighted by atomic mass is 9.78. The molecule has 6 heteroatoms. The third-order valence-electron chi connectivity index (χ3n) is 8.97. The largest absolute Gasteiger partial charge is 0.311 e. The van der Waals surface area contributed by atoms with E-state index >= 15 is 0 Å². The van der Waals surface area contributed by atoms with Crippen molar-refractivity contribution in [2.75, 3.05) is 34.9 Å². The number of quaternary nitrogens is 1. The maximum atomic E-state index is 13.7. The number of hydrogen-bond donors (Lipinski definition) is 0. The maximum absolute atomic E-state index is 13.7. The van der Waals surface area contributed by atoms with E-state index < -0.39 is 11.1 Å². The van der Waals surface area contributed by atoms with E-state index in [0.29, 0.717) is 25.2 Å². The fourth-order valence-electron chi connectivity index (χ4n) is 7.18. The van der Waals surface area contributed by atoms with Crippen molar-refractivity contribution in [3.63, 3.8) is 0 Å². The van der Waals surface area contributed by atoms with E-state index in [2.05, 4.69) is 37.7 Å². The molecule has 6 nitrogen and oxygen atoms in total. The number of carbonyl (C=O) groups is 2. The minimum absolute atomic E-state index is 0.129. The van der Waals surface area contributed by atoms with Crippen molar-refractivity contribution in [3.8, 4) is 0 Å². The van der Waals surface area contributed by atoms with Crippen molar-refractivity contribution in [2.24, 2.45) is 0 Å². The Bertz CT molecular complexity index is 782. The summed E-state index contributed by atoms with van der Waals surface area (Å²) in [4.78, 5) is 31.2. The standard InChI is InChI=1S/C25H44N4O2/c1-24(2)23(31)28-18-27(24)21(30)17-25(28)20(26(3)4)16-14-12-10-8-7-9-11-13-15-19-22(25)29(19,5)6/h19,22H,7-18H2,1-6H3/q+2. The Morgan fingerprint density at radius 3 is 2.10 bits per heavy atom. The summed E-state index contributed by atoms with van der Waals surface area (Å²) >= 11 is 0. The predicted octanol–water partition coefficient (Wildman–Crippen LogP) is 2.99. The highest BCUT2D eigenvalue weighted by Crippen LogP contribution is 2.54. The van der Waals surface area contributed by atoms with Gasteiger partial charge in [0.15, 0.2) is 17.3 Å². The zero-order chi connectivity index (χ0) is 22.6. The normalized spacial score (nSPS) is 35.7. The number of carbonyl (C=O) groups excluding carboxylic acids is 2. The van der Waals surface area contributed by atoms with Crippen molar-refractivity contribution < 1.29 is 18.6 Å². The fraction of sp³-hybridized carbons (Fsp3) is 0.880. The van der Waals surface area contributed by atoms with Crippen LogP contribution in [0.2, 0.25) is 0 Å². The molecule has 0 aromatic heterocycles. The van der Waals surface area contributed by atoms with Crippen LogP contribution in [0.25, 0.3) is 0 Å². The van der Waals surface area contributed by atoms with Gasteiger partial charge in [0.25, 0.3) is 5.91 Å². The molecule has 3 aliphatic heterocycles. The van der Waals surface area contributed by atoms with Crippen molar-refractivity contribution in [3.05, 3.63) is 0 Å². The van der Waals surface area contributed by atoms with Gasteiger partial charge in [-0.2, -0.15) is 0 Å². The second kappa shape index (κ2) is 7.86. The average molecular weight is 433 g/mol. The van der Waals surface area contributed by atoms with Gasteiger partial charge in [-0.25, -0.2) is 4.58 Å². The molecule has 0 N–H and O–H groups in total. The van der Waals surface area contributed by atoms with Crippen LogP contribution in [-0.2, 0) is 9.59 Å². The molecule has 4 aliphatic rings. The molecule has 3 atom stereocenters. The van der Waals surface area contributed by atoms with Crippen molar-refractivity contribution >= 4 is 17.5 Å². The van der Waals surface area contributed by atoms with Gasteiger partial charge in [0.2, 0.25) is 5.91 Å². The maximum Gasteiger partial charge on any atom is 0.250 e. The lowest BCUT2D eigenvalue weighted by molar-refractivity contribution is -0.786. The van der Waals surface area contributed by atoms with E-state index in [-0.39, 0.29) is 11.8 Å². The molecule has 2 bridgehead atoms. The molecular formula is C25H44N4O2+2. The van der Waals surface area contributed by atoms with Gasteiger partial charge in [-0.05, 0) is 26.7 Å². The Balaban J connectivity index is 1.81. The molecule has 3 heterocycles. The van der Waals surface area contributed by atoms with Gasteiger partial charge in [0.05, 0.1) is 27.2 Å². The van der Waals surface area contributed by atoms with Gasteiger partial charge in [0.1, 0.15) is 25.7 Å². The fourth-order valence-corrected chi connectivity index (χ4v) is 7.18. The topological polar surface area (TPSA) is 43.6 Å². The monoisotopic (exact) mass is 432 g/mol. The molecule has 174 valence electrons. The SMILES string of the molecule is C[N+](C)=C1CCCCCCCCCCC2C(C13CC(=O)N1CN3C(=O)C1(C)C)[N+]2(C)C. The zero-order valence-electron chi connectivity index (χ0n) is 20.7. The van der Waals surface area contributed by atoms with E-state index in [1.165, 1.54) is 57.1 Å².